The number of ether oxygens (including phenoxy) is 4. The van der Waals surface area contributed by atoms with Crippen molar-refractivity contribution in [1.82, 2.24) is 0 Å². The normalized spacial score (nSPS) is 14.8. The zero-order chi connectivity index (χ0) is 54.7. The molecule has 0 amide bonds. The van der Waals surface area contributed by atoms with Crippen LogP contribution in [0.3, 0.4) is 0 Å². The molecule has 0 unspecified atom stereocenters. The van der Waals surface area contributed by atoms with Gasteiger partial charge in [-0.3, -0.25) is 0 Å². The quantitative estimate of drug-likeness (QED) is 0.151. The van der Waals surface area contributed by atoms with Crippen LogP contribution in [0.5, 0.6) is 23.0 Å². The van der Waals surface area contributed by atoms with E-state index >= 15 is 0 Å². The van der Waals surface area contributed by atoms with Crippen LogP contribution in [0.4, 0.5) is 34.1 Å². The van der Waals surface area contributed by atoms with Crippen LogP contribution in [0.1, 0.15) is 25.0 Å². The van der Waals surface area contributed by atoms with Crippen LogP contribution < -0.4 is 45.1 Å². The molecule has 0 saturated carbocycles. The Morgan fingerprint density at radius 1 is 0.349 bits per heavy atom. The van der Waals surface area contributed by atoms with Gasteiger partial charge in [0.1, 0.15) is 60.5 Å². The second-order valence-electron chi connectivity index (χ2n) is 22.8. The molecule has 10 heteroatoms. The molecule has 5 aliphatic rings. The summed E-state index contributed by atoms with van der Waals surface area (Å²) in [5.41, 5.74) is 21.8. The summed E-state index contributed by atoms with van der Waals surface area (Å²) in [4.78, 5) is 4.86. The van der Waals surface area contributed by atoms with Gasteiger partial charge in [0, 0.05) is 78.8 Å². The zero-order valence-corrected chi connectivity index (χ0v) is 45.4. The molecule has 0 bridgehead atoms. The molecule has 4 aliphatic heterocycles. The first-order valence-corrected chi connectivity index (χ1v) is 28.5. The highest BCUT2D eigenvalue weighted by molar-refractivity contribution is 7.00. The smallest absolute Gasteiger partial charge is 0.252 e. The van der Waals surface area contributed by atoms with Gasteiger partial charge in [-0.15, -0.1) is 0 Å². The van der Waals surface area contributed by atoms with Crippen molar-refractivity contribution in [3.8, 4) is 79.2 Å². The summed E-state index contributed by atoms with van der Waals surface area (Å²) < 4.78 is 45.1. The van der Waals surface area contributed by atoms with E-state index in [0.717, 1.165) is 140 Å². The Morgan fingerprint density at radius 2 is 0.831 bits per heavy atom. The Bertz CT molecular complexity index is 4810. The Kier molecular flexibility index (Phi) is 9.71. The van der Waals surface area contributed by atoms with Crippen molar-refractivity contribution in [3.63, 3.8) is 0 Å². The van der Waals surface area contributed by atoms with Crippen LogP contribution in [-0.2, 0) is 5.41 Å². The van der Waals surface area contributed by atoms with Gasteiger partial charge in [0.25, 0.3) is 6.71 Å². The van der Waals surface area contributed by atoms with Gasteiger partial charge < -0.3 is 42.0 Å². The van der Waals surface area contributed by atoms with Crippen molar-refractivity contribution in [2.24, 2.45) is 0 Å². The van der Waals surface area contributed by atoms with Crippen molar-refractivity contribution < 1.29 is 32.2 Å². The zero-order valence-electron chi connectivity index (χ0n) is 45.4. The van der Waals surface area contributed by atoms with Crippen LogP contribution in [0, 0.1) is 0 Å². The summed E-state index contributed by atoms with van der Waals surface area (Å²) >= 11 is 0. The third-order valence-electron chi connectivity index (χ3n) is 17.8. The lowest BCUT2D eigenvalue weighted by molar-refractivity contribution is 0.171. The second-order valence-corrected chi connectivity index (χ2v) is 22.8. The summed E-state index contributed by atoms with van der Waals surface area (Å²) in [6.07, 6.45) is 0. The number of para-hydroxylation sites is 3. The van der Waals surface area contributed by atoms with Gasteiger partial charge >= 0.3 is 0 Å². The van der Waals surface area contributed by atoms with Crippen LogP contribution in [0.15, 0.2) is 226 Å². The van der Waals surface area contributed by atoms with Crippen molar-refractivity contribution in [2.45, 2.75) is 19.3 Å². The molecule has 0 N–H and O–H groups in total. The minimum absolute atomic E-state index is 0.239. The minimum atomic E-state index is -0.331. The molecule has 3 aromatic heterocycles. The van der Waals surface area contributed by atoms with Crippen molar-refractivity contribution in [3.05, 3.63) is 223 Å². The predicted octanol–water partition coefficient (Wildman–Crippen LogP) is 16.5. The van der Waals surface area contributed by atoms with Crippen LogP contribution in [0.2, 0.25) is 0 Å². The van der Waals surface area contributed by atoms with E-state index in [-0.39, 0.29) is 12.1 Å². The van der Waals surface area contributed by atoms with Crippen molar-refractivity contribution in [1.29, 1.82) is 0 Å². The van der Waals surface area contributed by atoms with E-state index in [1.165, 1.54) is 22.3 Å². The lowest BCUT2D eigenvalue weighted by Gasteiger charge is -2.45. The Balaban J connectivity index is 0.888. The van der Waals surface area contributed by atoms with E-state index in [4.69, 9.17) is 32.2 Å². The summed E-state index contributed by atoms with van der Waals surface area (Å²) in [5, 5.41) is 3.20. The third kappa shape index (κ3) is 7.02. The van der Waals surface area contributed by atoms with Crippen LogP contribution in [-0.4, -0.2) is 33.1 Å². The number of rotatable bonds is 6. The van der Waals surface area contributed by atoms with E-state index in [9.17, 15) is 0 Å². The molecular formula is C73H49BN2O7. The monoisotopic (exact) mass is 1080 g/mol. The maximum atomic E-state index is 6.67. The Labute approximate surface area is 478 Å². The maximum absolute atomic E-state index is 6.67. The second kappa shape index (κ2) is 17.3. The molecular weight excluding hydrogens is 1030 g/mol. The number of fused-ring (bicyclic) bond motifs is 12. The molecule has 83 heavy (non-hydrogen) atoms. The first-order valence-electron chi connectivity index (χ1n) is 28.5. The lowest BCUT2D eigenvalue weighted by atomic mass is 9.33. The molecule has 13 aromatic rings. The van der Waals surface area contributed by atoms with Crippen molar-refractivity contribution >= 4 is 90.1 Å². The SMILES string of the molecule is CC1(C)c2cc(-c3cc4c5c(c3)N(c3ccc6c(c3)OCCO6)c3cc6c(cc3B5c3ccc(-c5cc7ccccc7o5)cc3N4c3cccc(-c4cc5ccccc5o4)c3)OCCO6)ccc2-c2ccc(-c3cc4ccccc4o3)cc21. The van der Waals surface area contributed by atoms with Gasteiger partial charge in [-0.05, 0) is 147 Å². The average molecular weight is 1080 g/mol. The van der Waals surface area contributed by atoms with Gasteiger partial charge in [0.15, 0.2) is 23.0 Å². The maximum Gasteiger partial charge on any atom is 0.252 e. The number of hydrogen-bond donors (Lipinski definition) is 0. The molecule has 0 saturated heterocycles. The van der Waals surface area contributed by atoms with Crippen LogP contribution in [0.25, 0.3) is 89.1 Å². The first kappa shape index (κ1) is 46.4. The highest BCUT2D eigenvalue weighted by atomic mass is 16.6. The van der Waals surface area contributed by atoms with E-state index in [1.807, 2.05) is 42.5 Å². The Hall–Kier alpha value is -10.3. The molecule has 10 aromatic carbocycles. The summed E-state index contributed by atoms with van der Waals surface area (Å²) in [5.74, 6) is 5.33. The number of benzene rings is 10. The topological polar surface area (TPSA) is 82.8 Å². The highest BCUT2D eigenvalue weighted by Crippen LogP contribution is 2.54. The fraction of sp³-hybridized carbons (Fsp3) is 0.0959. The lowest BCUT2D eigenvalue weighted by Crippen LogP contribution is -2.61. The van der Waals surface area contributed by atoms with E-state index in [0.29, 0.717) is 37.9 Å². The molecule has 0 fully saturated rings. The van der Waals surface area contributed by atoms with Crippen molar-refractivity contribution in [2.75, 3.05) is 36.2 Å². The summed E-state index contributed by atoms with van der Waals surface area (Å²) in [6.45, 7) is 6.35. The van der Waals surface area contributed by atoms with Crippen LogP contribution >= 0.6 is 0 Å². The van der Waals surface area contributed by atoms with E-state index in [2.05, 4.69) is 194 Å². The molecule has 0 atom stereocenters. The number of furan rings is 3. The van der Waals surface area contributed by atoms with E-state index in [1.54, 1.807) is 0 Å². The average Bonchev–Trinajstić information content (AvgIpc) is 2.53. The van der Waals surface area contributed by atoms with Gasteiger partial charge in [0.05, 0.1) is 5.69 Å². The standard InChI is InChI=1S/C73H49BN2O7/c1-73(2)54-31-42(18-22-52(54)53-23-19-47(32-55(53)73)67-37-45-11-4-7-16-63(45)82-67)49-34-60-72-61(35-49)76(51-21-25-65-69(39-51)78-27-26-77-65)59-41-71-70(79-28-29-80-71)40-57(59)74(72)56-24-20-48(68-38-46-12-5-8-17-64(46)83-68)33-58(56)75(60)50-14-9-13-43(30-50)66-36-44-10-3-6-15-62(44)81-66/h3-25,30-41H,26-29H2,1-2H3. The number of hydrogen-bond acceptors (Lipinski definition) is 9. The third-order valence-corrected chi connectivity index (χ3v) is 17.8. The predicted molar refractivity (Wildman–Crippen MR) is 331 cm³/mol. The molecule has 396 valence electrons. The Morgan fingerprint density at radius 3 is 1.45 bits per heavy atom. The summed E-state index contributed by atoms with van der Waals surface area (Å²) in [6, 6.07) is 76.0. The van der Waals surface area contributed by atoms with Gasteiger partial charge in [-0.1, -0.05) is 117 Å². The molecule has 0 spiro atoms. The van der Waals surface area contributed by atoms with Gasteiger partial charge in [-0.25, -0.2) is 0 Å². The largest absolute Gasteiger partial charge is 0.486 e. The first-order chi connectivity index (χ1) is 40.8. The van der Waals surface area contributed by atoms with E-state index < -0.39 is 0 Å². The van der Waals surface area contributed by atoms with Gasteiger partial charge in [0.2, 0.25) is 0 Å². The molecule has 7 heterocycles. The molecule has 0 radical (unpaired) electrons. The minimum Gasteiger partial charge on any atom is -0.486 e. The number of nitrogens with zero attached hydrogens (tertiary/aromatic N) is 2. The van der Waals surface area contributed by atoms with Gasteiger partial charge in [-0.2, -0.15) is 0 Å². The molecule has 1 aliphatic carbocycles. The molecule has 18 rings (SSSR count). The number of anilines is 6. The highest BCUT2D eigenvalue weighted by Gasteiger charge is 2.45. The molecule has 9 nitrogen and oxygen atoms in total. The fourth-order valence-electron chi connectivity index (χ4n) is 13.8. The summed E-state index contributed by atoms with van der Waals surface area (Å²) in [7, 11) is 0. The fourth-order valence-corrected chi connectivity index (χ4v) is 13.8.